The van der Waals surface area contributed by atoms with Crippen molar-refractivity contribution in [2.75, 3.05) is 12.0 Å². The molecule has 0 unspecified atom stereocenters. The van der Waals surface area contributed by atoms with Gasteiger partial charge in [0.15, 0.2) is 6.04 Å². The number of carbonyl (C=O) groups excluding carboxylic acids is 1. The zero-order valence-electron chi connectivity index (χ0n) is 16.9. The fourth-order valence-electron chi connectivity index (χ4n) is 3.68. The first-order chi connectivity index (χ1) is 15.1. The van der Waals surface area contributed by atoms with Gasteiger partial charge in [0, 0.05) is 17.3 Å². The summed E-state index contributed by atoms with van der Waals surface area (Å²) in [5.41, 5.74) is 2.04. The first kappa shape index (κ1) is 20.3. The summed E-state index contributed by atoms with van der Waals surface area (Å²) >= 11 is 0. The highest BCUT2D eigenvalue weighted by Gasteiger charge is 2.46. The molecule has 7 nitrogen and oxygen atoms in total. The minimum absolute atomic E-state index is 0.293. The number of carbonyl (C=O) groups is 2. The van der Waals surface area contributed by atoms with Gasteiger partial charge in [-0.2, -0.15) is 0 Å². The number of rotatable bonds is 7. The summed E-state index contributed by atoms with van der Waals surface area (Å²) in [5, 5.41) is 12.8. The zero-order valence-corrected chi connectivity index (χ0v) is 16.9. The van der Waals surface area contributed by atoms with Crippen molar-refractivity contribution in [3.05, 3.63) is 90.0 Å². The maximum Gasteiger partial charge on any atom is 0.329 e. The lowest BCUT2D eigenvalue weighted by atomic mass is 9.98. The van der Waals surface area contributed by atoms with Crippen molar-refractivity contribution in [3.8, 4) is 11.5 Å². The molecule has 0 aliphatic carbocycles. The van der Waals surface area contributed by atoms with Gasteiger partial charge in [-0.05, 0) is 29.8 Å². The molecular formula is C24H22N2O5. The molecule has 1 saturated heterocycles. The third-order valence-electron chi connectivity index (χ3n) is 5.17. The van der Waals surface area contributed by atoms with Gasteiger partial charge >= 0.3 is 12.0 Å². The van der Waals surface area contributed by atoms with Gasteiger partial charge in [0.05, 0.1) is 13.2 Å². The Bertz CT molecular complexity index is 1070. The maximum atomic E-state index is 12.8. The van der Waals surface area contributed by atoms with Crippen molar-refractivity contribution in [2.45, 2.75) is 18.7 Å². The molecule has 7 heteroatoms. The van der Waals surface area contributed by atoms with Crippen LogP contribution in [0.25, 0.3) is 0 Å². The quantitative estimate of drug-likeness (QED) is 0.606. The molecule has 1 fully saturated rings. The minimum Gasteiger partial charge on any atom is -0.497 e. The van der Waals surface area contributed by atoms with Crippen molar-refractivity contribution in [3.63, 3.8) is 0 Å². The smallest absolute Gasteiger partial charge is 0.329 e. The van der Waals surface area contributed by atoms with Gasteiger partial charge in [0.2, 0.25) is 0 Å². The number of nitrogens with zero attached hydrogens (tertiary/aromatic N) is 1. The van der Waals surface area contributed by atoms with Gasteiger partial charge in [-0.1, -0.05) is 48.5 Å². The molecule has 0 bridgehead atoms. The van der Waals surface area contributed by atoms with Gasteiger partial charge in [-0.25, -0.2) is 9.59 Å². The number of anilines is 1. The van der Waals surface area contributed by atoms with Gasteiger partial charge in [0.1, 0.15) is 18.1 Å². The Balaban J connectivity index is 1.70. The number of carboxylic acid groups (broad SMARTS) is 1. The summed E-state index contributed by atoms with van der Waals surface area (Å²) in [5.74, 6) is -0.0883. The Morgan fingerprint density at radius 2 is 1.71 bits per heavy atom. The van der Waals surface area contributed by atoms with Crippen molar-refractivity contribution in [2.24, 2.45) is 0 Å². The highest BCUT2D eigenvalue weighted by molar-refractivity contribution is 6.02. The number of nitrogens with one attached hydrogen (secondary N) is 1. The maximum absolute atomic E-state index is 12.8. The molecule has 1 aliphatic heterocycles. The van der Waals surface area contributed by atoms with Crippen LogP contribution >= 0.6 is 0 Å². The Hall–Kier alpha value is -4.00. The molecule has 2 N–H and O–H groups in total. The predicted molar refractivity (Wildman–Crippen MR) is 115 cm³/mol. The van der Waals surface area contributed by atoms with Gasteiger partial charge in [-0.3, -0.25) is 4.90 Å². The van der Waals surface area contributed by atoms with Crippen LogP contribution in [0.15, 0.2) is 78.9 Å². The van der Waals surface area contributed by atoms with Crippen LogP contribution in [-0.4, -0.2) is 30.3 Å². The van der Waals surface area contributed by atoms with Crippen molar-refractivity contribution >= 4 is 17.7 Å². The van der Waals surface area contributed by atoms with E-state index in [9.17, 15) is 14.7 Å². The van der Waals surface area contributed by atoms with E-state index in [1.54, 1.807) is 49.6 Å². The molecule has 3 aromatic rings. The van der Waals surface area contributed by atoms with E-state index in [2.05, 4.69) is 5.32 Å². The molecule has 158 valence electrons. The van der Waals surface area contributed by atoms with Gasteiger partial charge in [-0.15, -0.1) is 0 Å². The molecule has 2 atom stereocenters. The lowest BCUT2D eigenvalue weighted by Crippen LogP contribution is -2.40. The Labute approximate surface area is 179 Å². The highest BCUT2D eigenvalue weighted by atomic mass is 16.5. The number of hydrogen-bond donors (Lipinski definition) is 2. The van der Waals surface area contributed by atoms with E-state index in [1.165, 1.54) is 4.90 Å². The number of aliphatic carboxylic acids is 1. The molecule has 0 saturated carbocycles. The van der Waals surface area contributed by atoms with Crippen molar-refractivity contribution in [1.82, 2.24) is 5.32 Å². The molecule has 1 aliphatic rings. The molecular weight excluding hydrogens is 396 g/mol. The van der Waals surface area contributed by atoms with E-state index in [1.807, 2.05) is 36.4 Å². The number of methoxy groups -OCH3 is 1. The lowest BCUT2D eigenvalue weighted by molar-refractivity contribution is -0.138. The predicted octanol–water partition coefficient (Wildman–Crippen LogP) is 4.00. The Kier molecular flexibility index (Phi) is 5.75. The molecule has 0 radical (unpaired) electrons. The summed E-state index contributed by atoms with van der Waals surface area (Å²) in [4.78, 5) is 26.3. The lowest BCUT2D eigenvalue weighted by Gasteiger charge is -2.24. The second kappa shape index (κ2) is 8.79. The molecule has 0 aromatic heterocycles. The fraction of sp³-hybridized carbons (Fsp3) is 0.167. The van der Waals surface area contributed by atoms with Gasteiger partial charge in [0.25, 0.3) is 0 Å². The van der Waals surface area contributed by atoms with Crippen LogP contribution in [0.3, 0.4) is 0 Å². The molecule has 3 aromatic carbocycles. The summed E-state index contributed by atoms with van der Waals surface area (Å²) < 4.78 is 11.4. The van der Waals surface area contributed by atoms with Crippen LogP contribution in [0.4, 0.5) is 10.5 Å². The average Bonchev–Trinajstić information content (AvgIpc) is 3.16. The first-order valence-corrected chi connectivity index (χ1v) is 9.80. The van der Waals surface area contributed by atoms with Crippen LogP contribution in [0.5, 0.6) is 11.5 Å². The Morgan fingerprint density at radius 1 is 1.03 bits per heavy atom. The molecule has 31 heavy (non-hydrogen) atoms. The summed E-state index contributed by atoms with van der Waals surface area (Å²) in [7, 11) is 1.55. The fourth-order valence-corrected chi connectivity index (χ4v) is 3.68. The minimum atomic E-state index is -1.14. The molecule has 2 amide bonds. The summed E-state index contributed by atoms with van der Waals surface area (Å²) in [6, 6.07) is 21.1. The van der Waals surface area contributed by atoms with E-state index >= 15 is 0 Å². The summed E-state index contributed by atoms with van der Waals surface area (Å²) in [6.07, 6.45) is 0. The van der Waals surface area contributed by atoms with Crippen molar-refractivity contribution < 1.29 is 24.2 Å². The largest absolute Gasteiger partial charge is 0.497 e. The third-order valence-corrected chi connectivity index (χ3v) is 5.17. The van der Waals surface area contributed by atoms with E-state index in [0.717, 1.165) is 5.56 Å². The first-order valence-electron chi connectivity index (χ1n) is 9.80. The third kappa shape index (κ3) is 4.16. The van der Waals surface area contributed by atoms with Crippen LogP contribution in [0.1, 0.15) is 17.2 Å². The normalized spacial score (nSPS) is 17.8. The molecule has 4 rings (SSSR count). The van der Waals surface area contributed by atoms with E-state index in [0.29, 0.717) is 29.4 Å². The van der Waals surface area contributed by atoms with Crippen LogP contribution in [0.2, 0.25) is 0 Å². The SMILES string of the molecule is COc1ccc([C@H]2NC(=O)N(c3ccccc3)[C@H]2C(=O)O)c(OCc2ccccc2)c1. The highest BCUT2D eigenvalue weighted by Crippen LogP contribution is 2.38. The monoisotopic (exact) mass is 418 g/mol. The summed E-state index contributed by atoms with van der Waals surface area (Å²) in [6.45, 7) is 0.293. The van der Waals surface area contributed by atoms with Crippen LogP contribution in [-0.2, 0) is 11.4 Å². The number of para-hydroxylation sites is 1. The second-order valence-corrected chi connectivity index (χ2v) is 7.09. The van der Waals surface area contributed by atoms with Crippen LogP contribution in [0, 0.1) is 0 Å². The topological polar surface area (TPSA) is 88.1 Å². The molecule has 1 heterocycles. The number of carboxylic acids is 1. The number of hydrogen-bond acceptors (Lipinski definition) is 4. The van der Waals surface area contributed by atoms with Gasteiger partial charge < -0.3 is 19.9 Å². The Morgan fingerprint density at radius 3 is 2.35 bits per heavy atom. The van der Waals surface area contributed by atoms with E-state index < -0.39 is 24.1 Å². The van der Waals surface area contributed by atoms with Crippen LogP contribution < -0.4 is 19.7 Å². The average molecular weight is 418 g/mol. The van der Waals surface area contributed by atoms with Crippen molar-refractivity contribution in [1.29, 1.82) is 0 Å². The second-order valence-electron chi connectivity index (χ2n) is 7.09. The number of amides is 2. The number of urea groups is 1. The molecule has 0 spiro atoms. The number of ether oxygens (including phenoxy) is 2. The standard InChI is InChI=1S/C24H22N2O5/c1-30-18-12-13-19(20(14-18)31-15-16-8-4-2-5-9-16)21-22(23(27)28)26(24(29)25-21)17-10-6-3-7-11-17/h2-14,21-22H,15H2,1H3,(H,25,29)(H,27,28)/t21-,22-/m1/s1. The zero-order chi connectivity index (χ0) is 21.8. The van der Waals surface area contributed by atoms with E-state index in [4.69, 9.17) is 9.47 Å². The number of benzene rings is 3. The van der Waals surface area contributed by atoms with E-state index in [-0.39, 0.29) is 0 Å².